The first-order valence-electron chi connectivity index (χ1n) is 5.97. The number of aromatic hydroxyl groups is 1. The summed E-state index contributed by atoms with van der Waals surface area (Å²) in [5, 5.41) is 9.96. The van der Waals surface area contributed by atoms with Crippen LogP contribution in [0.2, 0.25) is 0 Å². The van der Waals surface area contributed by atoms with Crippen LogP contribution in [0.1, 0.15) is 25.0 Å². The van der Waals surface area contributed by atoms with Gasteiger partial charge >= 0.3 is 117 Å². The molecular weight excluding hydrogens is 306 g/mol. The van der Waals surface area contributed by atoms with Crippen molar-refractivity contribution in [1.82, 2.24) is 0 Å². The summed E-state index contributed by atoms with van der Waals surface area (Å²) in [7, 11) is -8.52. The summed E-state index contributed by atoms with van der Waals surface area (Å²) in [5.74, 6) is -0.177. The van der Waals surface area contributed by atoms with Crippen LogP contribution in [0.15, 0.2) is 18.2 Å². The molecule has 0 radical (unpaired) electrons. The standard InChI is InChI=1S/C11H22O7P2/c1-11(2,7-20(16,17)18)9-4-3-8(5-10(9)12)6-19(13,14)15/h3-5,12-20H,6-7H2,1-2H3. The molecule has 1 aromatic carbocycles. The van der Waals surface area contributed by atoms with Crippen molar-refractivity contribution in [2.45, 2.75) is 25.4 Å². The van der Waals surface area contributed by atoms with Crippen molar-refractivity contribution < 1.29 is 34.5 Å². The molecule has 0 amide bonds. The summed E-state index contributed by atoms with van der Waals surface area (Å²) >= 11 is 0. The van der Waals surface area contributed by atoms with Gasteiger partial charge in [0.05, 0.1) is 0 Å². The zero-order chi connectivity index (χ0) is 15.8. The Morgan fingerprint density at radius 1 is 0.950 bits per heavy atom. The fraction of sp³-hybridized carbons (Fsp3) is 0.455. The van der Waals surface area contributed by atoms with Crippen LogP contribution in [0.4, 0.5) is 0 Å². The van der Waals surface area contributed by atoms with Crippen LogP contribution in [0.5, 0.6) is 5.75 Å². The summed E-state index contributed by atoms with van der Waals surface area (Å²) in [6, 6.07) is 4.26. The maximum absolute atomic E-state index is 9.96. The Kier molecular flexibility index (Phi) is 5.12. The van der Waals surface area contributed by atoms with E-state index in [4.69, 9.17) is 14.7 Å². The second-order valence-corrected chi connectivity index (χ2v) is 9.44. The monoisotopic (exact) mass is 328 g/mol. The fourth-order valence-corrected chi connectivity index (χ4v) is 4.37. The van der Waals surface area contributed by atoms with Crippen LogP contribution in [0.25, 0.3) is 0 Å². The Balaban J connectivity index is 3.04. The molecule has 9 heteroatoms. The van der Waals surface area contributed by atoms with Gasteiger partial charge in [-0.25, -0.2) is 0 Å². The van der Waals surface area contributed by atoms with Crippen LogP contribution >= 0.6 is 15.9 Å². The molecule has 0 saturated carbocycles. The SMILES string of the molecule is CC(C)(C[PH](O)(O)O)c1ccc(C[PH](O)(O)O)cc1O. The molecule has 0 bridgehead atoms. The van der Waals surface area contributed by atoms with E-state index in [1.54, 1.807) is 13.8 Å². The normalized spacial score (nSPS) is 15.2. The average Bonchev–Trinajstić information content (AvgIpc) is 2.09. The number of hydrogen-bond donors (Lipinski definition) is 7. The van der Waals surface area contributed by atoms with Crippen molar-refractivity contribution in [3.63, 3.8) is 0 Å². The third-order valence-electron chi connectivity index (χ3n) is 2.91. The number of phenols is 1. The predicted octanol–water partition coefficient (Wildman–Crippen LogP) is 0.113. The molecule has 20 heavy (non-hydrogen) atoms. The molecule has 1 aromatic rings. The fourth-order valence-electron chi connectivity index (χ4n) is 2.22. The zero-order valence-corrected chi connectivity index (χ0v) is 13.3. The van der Waals surface area contributed by atoms with Crippen molar-refractivity contribution in [3.8, 4) is 5.75 Å². The van der Waals surface area contributed by atoms with Gasteiger partial charge in [-0.15, -0.1) is 0 Å². The molecule has 0 aliphatic carbocycles. The van der Waals surface area contributed by atoms with E-state index in [9.17, 15) is 19.8 Å². The number of phenolic OH excluding ortho intramolecular Hbond substituents is 1. The quantitative estimate of drug-likeness (QED) is 0.380. The number of benzene rings is 1. The number of hydrogen-bond acceptors (Lipinski definition) is 7. The Bertz CT molecular complexity index is 477. The maximum atomic E-state index is 9.96. The third-order valence-corrected chi connectivity index (χ3v) is 5.15. The Hall–Kier alpha value is -0.360. The molecule has 0 heterocycles. The van der Waals surface area contributed by atoms with Gasteiger partial charge in [0.15, 0.2) is 0 Å². The Morgan fingerprint density at radius 3 is 1.90 bits per heavy atom. The van der Waals surface area contributed by atoms with E-state index in [-0.39, 0.29) is 18.1 Å². The molecule has 0 aliphatic heterocycles. The van der Waals surface area contributed by atoms with Gasteiger partial charge in [0.25, 0.3) is 0 Å². The van der Waals surface area contributed by atoms with Crippen LogP contribution in [0, 0.1) is 0 Å². The summed E-state index contributed by atoms with van der Waals surface area (Å²) < 4.78 is 0. The molecule has 0 unspecified atom stereocenters. The van der Waals surface area contributed by atoms with Gasteiger partial charge in [-0.1, -0.05) is 0 Å². The van der Waals surface area contributed by atoms with E-state index in [0.29, 0.717) is 11.1 Å². The molecule has 0 aromatic heterocycles. The van der Waals surface area contributed by atoms with Crippen molar-refractivity contribution in [2.75, 3.05) is 6.16 Å². The topological polar surface area (TPSA) is 142 Å². The van der Waals surface area contributed by atoms with Crippen molar-refractivity contribution in [2.24, 2.45) is 0 Å². The van der Waals surface area contributed by atoms with Crippen molar-refractivity contribution in [3.05, 3.63) is 29.3 Å². The van der Waals surface area contributed by atoms with E-state index in [2.05, 4.69) is 0 Å². The number of rotatable bonds is 5. The van der Waals surface area contributed by atoms with Crippen LogP contribution < -0.4 is 0 Å². The Labute approximate surface area is 118 Å². The summed E-state index contributed by atoms with van der Waals surface area (Å²) in [4.78, 5) is 54.6. The second kappa shape index (κ2) is 5.79. The molecule has 0 saturated heterocycles. The molecule has 0 aliphatic rings. The minimum absolute atomic E-state index is 0.177. The van der Waals surface area contributed by atoms with Gasteiger partial charge in [-0.3, -0.25) is 0 Å². The van der Waals surface area contributed by atoms with Crippen LogP contribution in [-0.4, -0.2) is 40.6 Å². The van der Waals surface area contributed by atoms with Gasteiger partial charge in [-0.05, 0) is 0 Å². The predicted molar refractivity (Wildman–Crippen MR) is 79.6 cm³/mol. The van der Waals surface area contributed by atoms with E-state index in [1.807, 2.05) is 0 Å². The second-order valence-electron chi connectivity index (χ2n) is 5.64. The first-order chi connectivity index (χ1) is 8.80. The Morgan fingerprint density at radius 2 is 1.50 bits per heavy atom. The van der Waals surface area contributed by atoms with Gasteiger partial charge < -0.3 is 0 Å². The van der Waals surface area contributed by atoms with Gasteiger partial charge in [0.1, 0.15) is 0 Å². The van der Waals surface area contributed by atoms with Crippen LogP contribution in [0.3, 0.4) is 0 Å². The molecule has 1 rings (SSSR count). The van der Waals surface area contributed by atoms with E-state index in [1.165, 1.54) is 18.2 Å². The molecule has 118 valence electrons. The molecular formula is C11H22O7P2. The van der Waals surface area contributed by atoms with E-state index >= 15 is 0 Å². The van der Waals surface area contributed by atoms with Crippen molar-refractivity contribution >= 4 is 15.9 Å². The zero-order valence-electron chi connectivity index (χ0n) is 11.3. The molecule has 0 fully saturated rings. The average molecular weight is 328 g/mol. The minimum atomic E-state index is -4.27. The molecule has 0 atom stereocenters. The van der Waals surface area contributed by atoms with E-state index in [0.717, 1.165) is 0 Å². The molecule has 7 nitrogen and oxygen atoms in total. The summed E-state index contributed by atoms with van der Waals surface area (Å²) in [5.41, 5.74) is -0.141. The first kappa shape index (κ1) is 17.7. The van der Waals surface area contributed by atoms with Crippen molar-refractivity contribution in [1.29, 1.82) is 0 Å². The molecule has 7 N–H and O–H groups in total. The van der Waals surface area contributed by atoms with Gasteiger partial charge in [0.2, 0.25) is 0 Å². The third kappa shape index (κ3) is 5.56. The van der Waals surface area contributed by atoms with E-state index < -0.39 is 21.3 Å². The summed E-state index contributed by atoms with van der Waals surface area (Å²) in [6.45, 7) is 3.27. The summed E-state index contributed by atoms with van der Waals surface area (Å²) in [6.07, 6.45) is -0.633. The first-order valence-corrected chi connectivity index (χ1v) is 10.1. The van der Waals surface area contributed by atoms with Gasteiger partial charge in [0, 0.05) is 0 Å². The molecule has 0 spiro atoms. The van der Waals surface area contributed by atoms with Crippen LogP contribution in [-0.2, 0) is 11.6 Å². The van der Waals surface area contributed by atoms with Gasteiger partial charge in [-0.2, -0.15) is 0 Å².